The van der Waals surface area contributed by atoms with Gasteiger partial charge in [0.1, 0.15) is 5.51 Å². The van der Waals surface area contributed by atoms with Crippen LogP contribution >= 0.6 is 11.3 Å². The number of alkyl halides is 3. The lowest BCUT2D eigenvalue weighted by molar-refractivity contribution is -0.192. The summed E-state index contributed by atoms with van der Waals surface area (Å²) in [6.07, 6.45) is -0.569. The number of nitrogens with zero attached hydrogens (tertiary/aromatic N) is 3. The number of carboxylic acid groups (broad SMARTS) is 1. The highest BCUT2D eigenvalue weighted by Gasteiger charge is 2.61. The topological polar surface area (TPSA) is 95.4 Å². The van der Waals surface area contributed by atoms with E-state index >= 15 is 0 Å². The van der Waals surface area contributed by atoms with Gasteiger partial charge in [0.05, 0.1) is 0 Å². The van der Waals surface area contributed by atoms with E-state index < -0.39 is 12.1 Å². The van der Waals surface area contributed by atoms with Crippen molar-refractivity contribution in [1.82, 2.24) is 15.5 Å². The summed E-state index contributed by atoms with van der Waals surface area (Å²) in [5.74, 6) is -2.22. The number of carboxylic acids is 1. The molecule has 0 radical (unpaired) electrons. The van der Waals surface area contributed by atoms with Gasteiger partial charge in [-0.15, -0.1) is 10.2 Å². The molecule has 3 aliphatic rings. The number of aliphatic carboxylic acids is 1. The lowest BCUT2D eigenvalue weighted by atomic mass is 10.0. The maximum Gasteiger partial charge on any atom is 0.490 e. The van der Waals surface area contributed by atoms with Crippen LogP contribution in [0.15, 0.2) is 5.51 Å². The van der Waals surface area contributed by atoms with E-state index in [9.17, 15) is 18.0 Å². The van der Waals surface area contributed by atoms with Crippen LogP contribution in [0.5, 0.6) is 0 Å². The van der Waals surface area contributed by atoms with Crippen molar-refractivity contribution in [3.05, 3.63) is 5.51 Å². The van der Waals surface area contributed by atoms with E-state index in [4.69, 9.17) is 9.90 Å². The van der Waals surface area contributed by atoms with Crippen molar-refractivity contribution in [2.75, 3.05) is 18.0 Å². The minimum absolute atomic E-state index is 0.241. The number of rotatable bonds is 3. The summed E-state index contributed by atoms with van der Waals surface area (Å²) in [5, 5.41) is 19.3. The number of anilines is 1. The first-order valence-corrected chi connectivity index (χ1v) is 8.71. The van der Waals surface area contributed by atoms with E-state index in [1.165, 1.54) is 12.8 Å². The lowest BCUT2D eigenvalue weighted by Crippen LogP contribution is -2.30. The molecule has 2 atom stereocenters. The second-order valence-electron chi connectivity index (χ2n) is 6.60. The first-order chi connectivity index (χ1) is 11.7. The first-order valence-electron chi connectivity index (χ1n) is 7.83. The average molecular weight is 378 g/mol. The Balaban J connectivity index is 0.000000225. The van der Waals surface area contributed by atoms with Gasteiger partial charge < -0.3 is 15.3 Å². The van der Waals surface area contributed by atoms with Crippen LogP contribution in [0.2, 0.25) is 0 Å². The highest BCUT2D eigenvalue weighted by atomic mass is 32.1. The Morgan fingerprint density at radius 1 is 1.40 bits per heavy atom. The molecule has 1 aromatic rings. The van der Waals surface area contributed by atoms with E-state index in [0.29, 0.717) is 6.04 Å². The van der Waals surface area contributed by atoms with Crippen molar-refractivity contribution in [2.24, 2.45) is 11.3 Å². The minimum atomic E-state index is -5.08. The summed E-state index contributed by atoms with van der Waals surface area (Å²) >= 11 is 1.58. The van der Waals surface area contributed by atoms with Gasteiger partial charge in [-0.05, 0) is 25.7 Å². The maximum atomic E-state index is 12.1. The van der Waals surface area contributed by atoms with Crippen LogP contribution in [-0.2, 0) is 9.59 Å². The second-order valence-corrected chi connectivity index (χ2v) is 7.41. The monoisotopic (exact) mass is 378 g/mol. The van der Waals surface area contributed by atoms with Crippen molar-refractivity contribution < 1.29 is 27.9 Å². The zero-order chi connectivity index (χ0) is 18.2. The molecule has 1 aromatic heterocycles. The molecule has 0 bridgehead atoms. The molecule has 2 aliphatic carbocycles. The van der Waals surface area contributed by atoms with Crippen LogP contribution in [0.25, 0.3) is 0 Å². The summed E-state index contributed by atoms with van der Waals surface area (Å²) < 4.78 is 31.7. The minimum Gasteiger partial charge on any atom is -0.475 e. The SMILES string of the molecule is O=C(NC1CC1)C1CC12CCN(c1nncs1)C2.O=C(O)C(F)(F)F. The largest absolute Gasteiger partial charge is 0.490 e. The van der Waals surface area contributed by atoms with Crippen LogP contribution in [0.4, 0.5) is 18.3 Å². The molecule has 7 nitrogen and oxygen atoms in total. The zero-order valence-corrected chi connectivity index (χ0v) is 13.9. The molecule has 138 valence electrons. The van der Waals surface area contributed by atoms with Gasteiger partial charge in [-0.2, -0.15) is 13.2 Å². The zero-order valence-electron chi connectivity index (χ0n) is 13.1. The van der Waals surface area contributed by atoms with Gasteiger partial charge in [0, 0.05) is 30.5 Å². The van der Waals surface area contributed by atoms with E-state index in [1.54, 1.807) is 16.8 Å². The maximum absolute atomic E-state index is 12.1. The number of aromatic nitrogens is 2. The van der Waals surface area contributed by atoms with Crippen LogP contribution in [0.1, 0.15) is 25.7 Å². The average Bonchev–Trinajstić information content (AvgIpc) is 3.32. The Morgan fingerprint density at radius 2 is 2.08 bits per heavy atom. The molecule has 2 N–H and O–H groups in total. The van der Waals surface area contributed by atoms with Crippen molar-refractivity contribution in [2.45, 2.75) is 37.9 Å². The molecule has 3 fully saturated rings. The van der Waals surface area contributed by atoms with Crippen molar-refractivity contribution in [1.29, 1.82) is 0 Å². The summed E-state index contributed by atoms with van der Waals surface area (Å²) in [6, 6.07) is 0.482. The number of carbonyl (C=O) groups is 2. The first kappa shape index (κ1) is 17.9. The molecule has 2 heterocycles. The highest BCUT2D eigenvalue weighted by molar-refractivity contribution is 7.13. The summed E-state index contributed by atoms with van der Waals surface area (Å²) in [7, 11) is 0. The quantitative estimate of drug-likeness (QED) is 0.831. The number of halogens is 3. The molecule has 25 heavy (non-hydrogen) atoms. The Labute approximate surface area is 145 Å². The molecule has 11 heteroatoms. The van der Waals surface area contributed by atoms with Gasteiger partial charge in [0.2, 0.25) is 11.0 Å². The predicted molar refractivity (Wildman–Crippen MR) is 82.1 cm³/mol. The van der Waals surface area contributed by atoms with Crippen LogP contribution in [-0.4, -0.2) is 52.5 Å². The van der Waals surface area contributed by atoms with Crippen molar-refractivity contribution >= 4 is 28.3 Å². The third-order valence-corrected chi connectivity index (χ3v) is 5.43. The third kappa shape index (κ3) is 4.20. The molecule has 2 saturated carbocycles. The molecular formula is C14H17F3N4O3S. The van der Waals surface area contributed by atoms with Gasteiger partial charge in [-0.25, -0.2) is 4.79 Å². The Morgan fingerprint density at radius 3 is 2.60 bits per heavy atom. The predicted octanol–water partition coefficient (Wildman–Crippen LogP) is 1.67. The number of amides is 1. The Kier molecular flexibility index (Phi) is 4.60. The van der Waals surface area contributed by atoms with E-state index in [2.05, 4.69) is 20.4 Å². The number of hydrogen-bond donors (Lipinski definition) is 2. The molecule has 2 unspecified atom stereocenters. The molecule has 1 amide bonds. The normalized spacial score (nSPS) is 27.6. The molecule has 1 aliphatic heterocycles. The van der Waals surface area contributed by atoms with Crippen LogP contribution < -0.4 is 10.2 Å². The van der Waals surface area contributed by atoms with Gasteiger partial charge in [0.15, 0.2) is 0 Å². The van der Waals surface area contributed by atoms with Gasteiger partial charge >= 0.3 is 12.1 Å². The standard InChI is InChI=1S/C12H16N4OS.C2HF3O2/c17-10(14-8-1-2-8)9-5-12(9)3-4-16(6-12)11-15-13-7-18-11;3-2(4,5)1(6)7/h7-9H,1-6H2,(H,14,17);(H,6,7). The molecular weight excluding hydrogens is 361 g/mol. The van der Waals surface area contributed by atoms with Crippen molar-refractivity contribution in [3.63, 3.8) is 0 Å². The Hall–Kier alpha value is -1.91. The van der Waals surface area contributed by atoms with E-state index in [1.807, 2.05) is 0 Å². The van der Waals surface area contributed by atoms with Crippen LogP contribution in [0.3, 0.4) is 0 Å². The van der Waals surface area contributed by atoms with Crippen LogP contribution in [0, 0.1) is 11.3 Å². The Bertz CT molecular complexity index is 650. The number of carbonyl (C=O) groups excluding carboxylic acids is 1. The van der Waals surface area contributed by atoms with Gasteiger partial charge in [0.25, 0.3) is 0 Å². The summed E-state index contributed by atoms with van der Waals surface area (Å²) in [5.41, 5.74) is 2.01. The van der Waals surface area contributed by atoms with Gasteiger partial charge in [-0.3, -0.25) is 4.79 Å². The molecule has 1 spiro atoms. The fourth-order valence-corrected chi connectivity index (χ4v) is 3.65. The smallest absolute Gasteiger partial charge is 0.475 e. The molecule has 0 aromatic carbocycles. The number of nitrogens with one attached hydrogen (secondary N) is 1. The van der Waals surface area contributed by atoms with Crippen molar-refractivity contribution in [3.8, 4) is 0 Å². The molecule has 4 rings (SSSR count). The summed E-state index contributed by atoms with van der Waals surface area (Å²) in [6.45, 7) is 1.99. The van der Waals surface area contributed by atoms with E-state index in [0.717, 1.165) is 31.1 Å². The lowest BCUT2D eigenvalue weighted by Gasteiger charge is -2.14. The second kappa shape index (κ2) is 6.43. The summed E-state index contributed by atoms with van der Waals surface area (Å²) in [4.78, 5) is 23.2. The van der Waals surface area contributed by atoms with E-state index in [-0.39, 0.29) is 17.2 Å². The number of hydrogen-bond acceptors (Lipinski definition) is 6. The highest BCUT2D eigenvalue weighted by Crippen LogP contribution is 2.59. The fourth-order valence-electron chi connectivity index (χ4n) is 3.06. The third-order valence-electron chi connectivity index (χ3n) is 4.68. The van der Waals surface area contributed by atoms with Gasteiger partial charge in [-0.1, -0.05) is 11.3 Å². The fraction of sp³-hybridized carbons (Fsp3) is 0.714. The molecule has 1 saturated heterocycles.